The minimum atomic E-state index is -4.58. The molecule has 3 aromatic heterocycles. The lowest BCUT2D eigenvalue weighted by atomic mass is 9.94. The molecule has 0 spiro atoms. The van der Waals surface area contributed by atoms with Crippen LogP contribution in [-0.2, 0) is 39.6 Å². The van der Waals surface area contributed by atoms with Gasteiger partial charge in [-0.2, -0.15) is 23.3 Å². The summed E-state index contributed by atoms with van der Waals surface area (Å²) in [7, 11) is 0.0129. The number of carbonyl (C=O) groups is 2. The Balaban J connectivity index is 0.000000210. The zero-order chi connectivity index (χ0) is 45.5. The summed E-state index contributed by atoms with van der Waals surface area (Å²) in [6.07, 6.45) is -1.03. The largest absolute Gasteiger partial charge is 0.494 e. The summed E-state index contributed by atoms with van der Waals surface area (Å²) >= 11 is 0. The van der Waals surface area contributed by atoms with Gasteiger partial charge in [0.2, 0.25) is 21.9 Å². The third-order valence-corrected chi connectivity index (χ3v) is 11.3. The van der Waals surface area contributed by atoms with E-state index in [0.717, 1.165) is 28.1 Å². The molecule has 1 aliphatic rings. The fourth-order valence-corrected chi connectivity index (χ4v) is 7.78. The average molecular weight is 889 g/mol. The van der Waals surface area contributed by atoms with Crippen LogP contribution in [0.5, 0.6) is 5.75 Å². The van der Waals surface area contributed by atoms with Crippen LogP contribution in [0, 0.1) is 19.8 Å². The maximum absolute atomic E-state index is 13.0. The molecule has 1 atom stereocenters. The lowest BCUT2D eigenvalue weighted by molar-refractivity contribution is -0.165. The highest BCUT2D eigenvalue weighted by Gasteiger charge is 2.38. The van der Waals surface area contributed by atoms with E-state index in [9.17, 15) is 31.2 Å². The van der Waals surface area contributed by atoms with Crippen LogP contribution in [-0.4, -0.2) is 88.0 Å². The number of carboxylic acid groups (broad SMARTS) is 1. The maximum Gasteiger partial charge on any atom is 0.406 e. The predicted octanol–water partition coefficient (Wildman–Crippen LogP) is 6.64. The normalized spacial score (nSPS) is 14.0. The lowest BCUT2D eigenvalue weighted by Crippen LogP contribution is -2.41. The van der Waals surface area contributed by atoms with Gasteiger partial charge >= 0.3 is 12.1 Å². The van der Waals surface area contributed by atoms with E-state index in [2.05, 4.69) is 30.7 Å². The molecule has 0 unspecified atom stereocenters. The molecule has 20 heteroatoms. The average Bonchev–Trinajstić information content (AvgIpc) is 3.45. The molecule has 63 heavy (non-hydrogen) atoms. The molecule has 7 rings (SSSR count). The van der Waals surface area contributed by atoms with Gasteiger partial charge in [-0.05, 0) is 104 Å². The van der Waals surface area contributed by atoms with Gasteiger partial charge in [0, 0.05) is 62.0 Å². The predicted molar refractivity (Wildman–Crippen MR) is 232 cm³/mol. The second-order valence-electron chi connectivity index (χ2n) is 14.9. The molecule has 1 amide bonds. The van der Waals surface area contributed by atoms with Crippen molar-refractivity contribution in [2.75, 3.05) is 42.3 Å². The number of nitrogens with zero attached hydrogens (tertiary/aromatic N) is 7. The van der Waals surface area contributed by atoms with Crippen molar-refractivity contribution in [3.63, 3.8) is 0 Å². The smallest absolute Gasteiger partial charge is 0.406 e. The zero-order valence-corrected chi connectivity index (χ0v) is 35.7. The van der Waals surface area contributed by atoms with Crippen LogP contribution in [0.15, 0.2) is 96.2 Å². The van der Waals surface area contributed by atoms with E-state index in [0.29, 0.717) is 64.4 Å². The summed E-state index contributed by atoms with van der Waals surface area (Å²) in [6, 6.07) is 23.3. The molecule has 3 aromatic carbocycles. The summed E-state index contributed by atoms with van der Waals surface area (Å²) in [5.74, 6) is -0.824. The number of carbonyl (C=O) groups excluding carboxylic acids is 1. The Hall–Kier alpha value is -6.80. The van der Waals surface area contributed by atoms with E-state index in [1.54, 1.807) is 55.7 Å². The van der Waals surface area contributed by atoms with Gasteiger partial charge in [0.15, 0.2) is 0 Å². The Morgan fingerprint density at radius 3 is 2.52 bits per heavy atom. The minimum absolute atomic E-state index is 0.0599. The first kappa shape index (κ1) is 45.7. The first-order valence-electron chi connectivity index (χ1n) is 19.7. The molecule has 0 aliphatic carbocycles. The molecule has 4 heterocycles. The summed E-state index contributed by atoms with van der Waals surface area (Å²) in [4.78, 5) is 39.3. The molecule has 0 fully saturated rings. The standard InChI is InChI=1S/C22H24F3N3O4.C21H23N7O2S/c23-22(24,25)14-28-13-17-11-18(32-9-3-8-27-19-4-1-2-7-26-19)6-5-15(17)10-16(21(28)31)12-20(29)30;1-13-5-6-15(11-19(13)31(22,29)30)24-21-23-10-9-20(25-21)27(3)16-7-8-17-14(2)28(4)26-18(17)12-16/h1-2,4-7,11,16H,3,8-10,12-14H2,(H,26,27)(H,29,30);5-12H,1-4H3,(H2,22,29,30)(H,23,24,25)/t16-;/m0./s1. The van der Waals surface area contributed by atoms with Crippen molar-refractivity contribution in [1.82, 2.24) is 29.6 Å². The van der Waals surface area contributed by atoms with Gasteiger partial charge in [0.05, 0.1) is 29.4 Å². The molecule has 5 N–H and O–H groups in total. The van der Waals surface area contributed by atoms with Crippen molar-refractivity contribution in [1.29, 1.82) is 0 Å². The maximum atomic E-state index is 13.0. The number of benzene rings is 3. The number of aliphatic carboxylic acids is 1. The van der Waals surface area contributed by atoms with Crippen LogP contribution < -0.4 is 25.4 Å². The highest BCUT2D eigenvalue weighted by Crippen LogP contribution is 2.31. The van der Waals surface area contributed by atoms with Crippen LogP contribution >= 0.6 is 0 Å². The van der Waals surface area contributed by atoms with E-state index in [-0.39, 0.29) is 17.9 Å². The van der Waals surface area contributed by atoms with Crippen LogP contribution in [0.2, 0.25) is 0 Å². The number of hydrogen-bond donors (Lipinski definition) is 4. The Morgan fingerprint density at radius 1 is 1.02 bits per heavy atom. The summed E-state index contributed by atoms with van der Waals surface area (Å²) in [6.45, 7) is 3.06. The van der Waals surface area contributed by atoms with Crippen molar-refractivity contribution >= 4 is 61.8 Å². The van der Waals surface area contributed by atoms with Crippen molar-refractivity contribution in [3.05, 3.63) is 114 Å². The number of nitrogens with two attached hydrogens (primary N) is 1. The molecular weight excluding hydrogens is 842 g/mol. The summed E-state index contributed by atoms with van der Waals surface area (Å²) < 4.78 is 70.2. The number of carboxylic acids is 1. The number of primary sulfonamides is 1. The third-order valence-electron chi connectivity index (χ3n) is 10.3. The molecule has 0 saturated carbocycles. The summed E-state index contributed by atoms with van der Waals surface area (Å²) in [5, 5.41) is 26.2. The van der Waals surface area contributed by atoms with Gasteiger partial charge < -0.3 is 30.3 Å². The number of anilines is 5. The minimum Gasteiger partial charge on any atom is -0.494 e. The lowest BCUT2D eigenvalue weighted by Gasteiger charge is -2.25. The fraction of sp³-hybridized carbons (Fsp3) is 0.302. The second-order valence-corrected chi connectivity index (χ2v) is 16.5. The molecule has 0 saturated heterocycles. The van der Waals surface area contributed by atoms with Gasteiger partial charge in [-0.15, -0.1) is 0 Å². The number of amides is 1. The number of aryl methyl sites for hydroxylation is 3. The second kappa shape index (κ2) is 19.5. The number of sulfonamides is 1. The molecule has 0 radical (unpaired) electrons. The van der Waals surface area contributed by atoms with E-state index in [1.807, 2.05) is 67.0 Å². The fourth-order valence-electron chi connectivity index (χ4n) is 6.97. The number of halogens is 3. The van der Waals surface area contributed by atoms with Gasteiger partial charge in [0.25, 0.3) is 0 Å². The molecule has 16 nitrogen and oxygen atoms in total. The van der Waals surface area contributed by atoms with Gasteiger partial charge in [0.1, 0.15) is 23.9 Å². The van der Waals surface area contributed by atoms with Crippen molar-refractivity contribution in [3.8, 4) is 5.75 Å². The molecule has 6 aromatic rings. The van der Waals surface area contributed by atoms with Crippen LogP contribution in [0.25, 0.3) is 10.9 Å². The number of pyridine rings is 1. The quantitative estimate of drug-likeness (QED) is 0.0847. The SMILES string of the molecule is Cc1ccc(Nc2nccc(N(C)c3ccc4c(C)n(C)nc4c3)n2)cc1S(N)(=O)=O.O=C(O)C[C@@H]1Cc2ccc(OCCCNc3ccccn3)cc2CN(CC(F)(F)F)C1=O. The highest BCUT2D eigenvalue weighted by molar-refractivity contribution is 7.89. The van der Waals surface area contributed by atoms with Gasteiger partial charge in [-0.3, -0.25) is 14.3 Å². The Kier molecular flexibility index (Phi) is 14.1. The number of aromatic nitrogens is 5. The van der Waals surface area contributed by atoms with E-state index in [4.69, 9.17) is 15.0 Å². The van der Waals surface area contributed by atoms with Gasteiger partial charge in [-0.1, -0.05) is 18.2 Å². The Labute approximate surface area is 362 Å². The molecule has 1 aliphatic heterocycles. The third kappa shape index (κ3) is 12.2. The first-order chi connectivity index (χ1) is 29.8. The van der Waals surface area contributed by atoms with Crippen LogP contribution in [0.3, 0.4) is 0 Å². The number of alkyl halides is 3. The number of ether oxygens (including phenoxy) is 1. The monoisotopic (exact) mass is 888 g/mol. The Morgan fingerprint density at radius 2 is 1.81 bits per heavy atom. The number of rotatable bonds is 14. The van der Waals surface area contributed by atoms with Crippen molar-refractivity contribution in [2.24, 2.45) is 18.1 Å². The highest BCUT2D eigenvalue weighted by atomic mass is 32.2. The van der Waals surface area contributed by atoms with E-state index >= 15 is 0 Å². The Bertz CT molecular complexity index is 2700. The van der Waals surface area contributed by atoms with E-state index < -0.39 is 47.0 Å². The first-order valence-corrected chi connectivity index (χ1v) is 21.3. The molecule has 0 bridgehead atoms. The van der Waals surface area contributed by atoms with Crippen molar-refractivity contribution < 1.29 is 41.0 Å². The number of hydrogen-bond acceptors (Lipinski definition) is 12. The van der Waals surface area contributed by atoms with Crippen LogP contribution in [0.1, 0.15) is 35.2 Å². The van der Waals surface area contributed by atoms with Gasteiger partial charge in [-0.25, -0.2) is 23.5 Å². The van der Waals surface area contributed by atoms with Crippen molar-refractivity contribution in [2.45, 2.75) is 50.7 Å². The topological polar surface area (TPSA) is 211 Å². The molecule has 332 valence electrons. The van der Waals surface area contributed by atoms with Crippen LogP contribution in [0.4, 0.5) is 42.1 Å². The summed E-state index contributed by atoms with van der Waals surface area (Å²) in [5.41, 5.74) is 5.23. The molecular formula is C43H47F3N10O6S. The zero-order valence-electron chi connectivity index (χ0n) is 34.9. The number of fused-ring (bicyclic) bond motifs is 2. The van der Waals surface area contributed by atoms with E-state index in [1.165, 1.54) is 6.07 Å². The number of nitrogens with one attached hydrogen (secondary N) is 2.